The maximum Gasteiger partial charge on any atom is 0.187 e. The maximum atomic E-state index is 11.5. The van der Waals surface area contributed by atoms with Crippen LogP contribution in [0.5, 0.6) is 0 Å². The van der Waals surface area contributed by atoms with E-state index >= 15 is 0 Å². The summed E-state index contributed by atoms with van der Waals surface area (Å²) in [5.41, 5.74) is 0. The van der Waals surface area contributed by atoms with Crippen molar-refractivity contribution < 1.29 is 178 Å². The van der Waals surface area contributed by atoms with Crippen LogP contribution in [0, 0.1) is 0 Å². The molecule has 36 heteroatoms. The third-order valence-corrected chi connectivity index (χ3v) is 16.4. The molecule has 24 aliphatic rings. The predicted octanol–water partition coefficient (Wildman–Crippen LogP) is -12.3. The average molecular weight is 1250 g/mol. The highest BCUT2D eigenvalue weighted by Crippen LogP contribution is 2.39. The monoisotopic (exact) mass is 1250 g/mol. The van der Waals surface area contributed by atoms with Crippen LogP contribution in [0.1, 0.15) is 40.0 Å². The van der Waals surface area contributed by atoms with Gasteiger partial charge < -0.3 is 168 Å². The fourth-order valence-electron chi connectivity index (χ4n) is 11.5. The Kier molecular flexibility index (Phi) is 24.8. The van der Waals surface area contributed by atoms with E-state index in [1.165, 1.54) is 13.8 Å². The van der Waals surface area contributed by atoms with Gasteiger partial charge in [-0.25, -0.2) is 9.78 Å². The van der Waals surface area contributed by atoms with Crippen LogP contribution in [-0.4, -0.2) is 369 Å². The van der Waals surface area contributed by atoms with Gasteiger partial charge in [-0.3, -0.25) is 0 Å². The highest BCUT2D eigenvalue weighted by molar-refractivity contribution is 5.00. The second-order valence-corrected chi connectivity index (χ2v) is 22.2. The highest BCUT2D eigenvalue weighted by atomic mass is 17.2. The van der Waals surface area contributed by atoms with Crippen molar-refractivity contribution in [2.45, 2.75) is 267 Å². The molecule has 0 spiro atoms. The van der Waals surface area contributed by atoms with Crippen molar-refractivity contribution in [2.24, 2.45) is 0 Å². The van der Waals surface area contributed by atoms with Crippen molar-refractivity contribution in [3.05, 3.63) is 0 Å². The molecule has 24 aliphatic heterocycles. The molecule has 20 N–H and O–H groups in total. The molecule has 0 saturated carbocycles. The lowest BCUT2D eigenvalue weighted by Crippen LogP contribution is -2.68. The number of hydrogen-bond acceptors (Lipinski definition) is 36. The van der Waals surface area contributed by atoms with E-state index in [-0.39, 0.29) is 12.8 Å². The Balaban J connectivity index is 1.05. The van der Waals surface area contributed by atoms with Crippen molar-refractivity contribution in [2.75, 3.05) is 39.6 Å². The van der Waals surface area contributed by atoms with Crippen LogP contribution in [0.4, 0.5) is 0 Å². The van der Waals surface area contributed by atoms with Crippen molar-refractivity contribution in [1.82, 2.24) is 0 Å². The van der Waals surface area contributed by atoms with Crippen LogP contribution in [0.2, 0.25) is 0 Å². The first kappa shape index (κ1) is 69.4. The summed E-state index contributed by atoms with van der Waals surface area (Å²) >= 11 is 0. The molecule has 0 aromatic heterocycles. The lowest BCUT2D eigenvalue weighted by molar-refractivity contribution is -0.419. The van der Waals surface area contributed by atoms with E-state index in [0.29, 0.717) is 0 Å². The minimum atomic E-state index is -2.21. The van der Waals surface area contributed by atoms with Crippen LogP contribution in [-0.2, 0) is 76.1 Å². The molecule has 0 amide bonds. The molecule has 21 unspecified atom stereocenters. The summed E-state index contributed by atoms with van der Waals surface area (Å²) in [7, 11) is 0. The summed E-state index contributed by atoms with van der Waals surface area (Å²) in [5.74, 6) is 0. The first-order chi connectivity index (χ1) is 40.4. The SMILES string of the molecule is CCC1O[C@H]2CC(O)[C@@H]1OOC(C)[C@H](C(O)[C@@H](C)O)O[C@@H]1OC(CO)[C@@H](O[C@H]3OC(CO)[C@@H](O[C@@H]4OC(CO)[C@@H](O[C@H]5OC(CO)[C@@H](O[C@@H]6OC(CO)[C@@H](O[C@@H]7CC(O)[C@H](O2)C(CO)O7)C(O)C6O)C(O)C5O)C(O)C4O)C(O)C3O)C(O)C1O. The van der Waals surface area contributed by atoms with Gasteiger partial charge in [-0.15, -0.1) is 0 Å². The van der Waals surface area contributed by atoms with Gasteiger partial charge in [0.2, 0.25) is 0 Å². The fraction of sp³-hybridized carbons (Fsp3) is 1.00. The molecule has 14 bridgehead atoms. The third kappa shape index (κ3) is 14.9. The molecule has 85 heavy (non-hydrogen) atoms. The van der Waals surface area contributed by atoms with Crippen LogP contribution >= 0.6 is 0 Å². The number of fused-ring (bicyclic) bond motifs is 1. The zero-order valence-corrected chi connectivity index (χ0v) is 46.2. The van der Waals surface area contributed by atoms with E-state index in [1.807, 2.05) is 0 Å². The fourth-order valence-corrected chi connectivity index (χ4v) is 11.5. The Hall–Kier alpha value is -1.44. The van der Waals surface area contributed by atoms with Gasteiger partial charge in [0, 0.05) is 12.8 Å². The molecule has 24 fully saturated rings. The molecular weight excluding hydrogens is 1160 g/mol. The molecule has 0 aliphatic carbocycles. The van der Waals surface area contributed by atoms with Crippen LogP contribution in [0.25, 0.3) is 0 Å². The maximum absolute atomic E-state index is 11.5. The summed E-state index contributed by atoms with van der Waals surface area (Å²) < 4.78 is 81.5. The van der Waals surface area contributed by atoms with Gasteiger partial charge in [-0.1, -0.05) is 6.92 Å². The first-order valence-electron chi connectivity index (χ1n) is 28.1. The second kappa shape index (κ2) is 30.3. The van der Waals surface area contributed by atoms with Crippen molar-refractivity contribution in [3.63, 3.8) is 0 Å². The topological polar surface area (TPSA) is 552 Å². The lowest BCUT2D eigenvalue weighted by atomic mass is 9.95. The highest BCUT2D eigenvalue weighted by Gasteiger charge is 2.58. The molecular formula is C49H84O36. The summed E-state index contributed by atoms with van der Waals surface area (Å²) in [6.07, 6.45) is -67.1. The molecule has 496 valence electrons. The molecule has 0 aromatic rings. The summed E-state index contributed by atoms with van der Waals surface area (Å²) in [6, 6.07) is 0. The molecule has 24 rings (SSSR count). The Bertz CT molecular complexity index is 2000. The molecule has 0 radical (unpaired) electrons. The summed E-state index contributed by atoms with van der Waals surface area (Å²) in [6.45, 7) is -1.72. The molecule has 36 nitrogen and oxygen atoms in total. The van der Waals surface area contributed by atoms with E-state index in [2.05, 4.69) is 0 Å². The van der Waals surface area contributed by atoms with Crippen molar-refractivity contribution in [3.8, 4) is 0 Å². The quantitative estimate of drug-likeness (QED) is 0.0953. The van der Waals surface area contributed by atoms with Gasteiger partial charge in [-0.05, 0) is 20.3 Å². The van der Waals surface area contributed by atoms with E-state index < -0.39 is 273 Å². The van der Waals surface area contributed by atoms with Gasteiger partial charge in [-0.2, -0.15) is 0 Å². The molecule has 24 heterocycles. The smallest absolute Gasteiger partial charge is 0.187 e. The van der Waals surface area contributed by atoms with Gasteiger partial charge >= 0.3 is 0 Å². The summed E-state index contributed by atoms with van der Waals surface area (Å²) in [5, 5.41) is 221. The van der Waals surface area contributed by atoms with Crippen molar-refractivity contribution >= 4 is 0 Å². The Morgan fingerprint density at radius 2 is 0.612 bits per heavy atom. The predicted molar refractivity (Wildman–Crippen MR) is 262 cm³/mol. The Labute approximate surface area is 484 Å². The minimum Gasteiger partial charge on any atom is -0.394 e. The number of aliphatic hydroxyl groups is 20. The number of ether oxygens (including phenoxy) is 14. The van der Waals surface area contributed by atoms with E-state index in [4.69, 9.17) is 76.1 Å². The van der Waals surface area contributed by atoms with Crippen LogP contribution in [0.3, 0.4) is 0 Å². The zero-order valence-electron chi connectivity index (χ0n) is 46.2. The largest absolute Gasteiger partial charge is 0.394 e. The molecule has 0 aromatic carbocycles. The van der Waals surface area contributed by atoms with Gasteiger partial charge in [0.05, 0.1) is 64.1 Å². The zero-order chi connectivity index (χ0) is 62.0. The summed E-state index contributed by atoms with van der Waals surface area (Å²) in [4.78, 5) is 11.3. The van der Waals surface area contributed by atoms with Crippen LogP contribution in [0.15, 0.2) is 0 Å². The first-order valence-corrected chi connectivity index (χ1v) is 28.1. The van der Waals surface area contributed by atoms with Crippen LogP contribution < -0.4 is 0 Å². The van der Waals surface area contributed by atoms with E-state index in [0.717, 1.165) is 0 Å². The number of rotatable bonds is 9. The van der Waals surface area contributed by atoms with Crippen molar-refractivity contribution in [1.29, 1.82) is 0 Å². The Morgan fingerprint density at radius 1 is 0.329 bits per heavy atom. The molecule has 24 saturated heterocycles. The second-order valence-electron chi connectivity index (χ2n) is 22.2. The van der Waals surface area contributed by atoms with E-state index in [1.54, 1.807) is 6.92 Å². The number of aliphatic hydroxyl groups excluding tert-OH is 20. The van der Waals surface area contributed by atoms with E-state index in [9.17, 15) is 102 Å². The number of hydrogen-bond donors (Lipinski definition) is 20. The lowest BCUT2D eigenvalue weighted by Gasteiger charge is -2.50. The van der Waals surface area contributed by atoms with Gasteiger partial charge in [0.25, 0.3) is 0 Å². The minimum absolute atomic E-state index is 0.127. The van der Waals surface area contributed by atoms with Gasteiger partial charge in [0.15, 0.2) is 44.0 Å². The normalized spacial score (nSPS) is 52.6. The third-order valence-electron chi connectivity index (χ3n) is 16.4. The average Bonchev–Trinajstić information content (AvgIpc) is 1.64. The Morgan fingerprint density at radius 3 is 0.929 bits per heavy atom. The van der Waals surface area contributed by atoms with Gasteiger partial charge in [0.1, 0.15) is 159 Å². The molecule has 37 atom stereocenters. The standard InChI is InChI=1S/C49H84O36/c1-4-17-39-16(58)6-24(70-17)77-38-15(57)5-25(71-18(38)7-50)78-40-19(8-51)72-46(32(65)27(40)60)80-42-21(10-53)74-48(34(67)29(42)62)82-44-23(12-55)76-49(36(69)31(44)64)83-43-22(11-54)75-47(35(68)30(43)63)81-41-20(9-52)73-45(33(66)28(41)61)79-37(14(3)84-85-39)26(59)13(2)56/h13-69H,4-12H2,1-3H3/t13-,14?,15?,16?,17?,18?,19?,20?,21?,22?,23?,24-,25-,26?,27?,28?,29?,30?,31?,32?,33?,34?,35?,36?,37-,38+,39+,40-,41-,42-,43-,44-,45+,46+,47-,48-,49+/m1/s1.